The molecule has 1 N–H and O–H groups in total. The SMILES string of the molecule is COC1Cc2cc(Cl)ccc2C(C2OCC3OC(C)(C)OC32)O1.Cc1ncnc2[nH]ccc12. The maximum absolute atomic E-state index is 6.14. The van der Waals surface area contributed by atoms with Crippen LogP contribution in [0.2, 0.25) is 5.02 Å². The van der Waals surface area contributed by atoms with E-state index in [4.69, 9.17) is 35.3 Å². The molecular weight excluding hydrogens is 446 g/mol. The third-order valence-corrected chi connectivity index (χ3v) is 6.44. The summed E-state index contributed by atoms with van der Waals surface area (Å²) in [6.45, 7) is 6.34. The maximum atomic E-state index is 6.14. The van der Waals surface area contributed by atoms with E-state index in [0.717, 1.165) is 27.9 Å². The third kappa shape index (κ3) is 4.51. The Hall–Kier alpha value is -2.07. The lowest BCUT2D eigenvalue weighted by Crippen LogP contribution is -2.40. The van der Waals surface area contributed by atoms with Gasteiger partial charge in [0.05, 0.1) is 12.3 Å². The van der Waals surface area contributed by atoms with Crippen LogP contribution in [0.3, 0.4) is 0 Å². The van der Waals surface area contributed by atoms with Gasteiger partial charge in [0.1, 0.15) is 36.4 Å². The summed E-state index contributed by atoms with van der Waals surface area (Å²) in [5, 5.41) is 1.81. The van der Waals surface area contributed by atoms with Crippen LogP contribution in [0.5, 0.6) is 0 Å². The van der Waals surface area contributed by atoms with Crippen molar-refractivity contribution in [3.63, 3.8) is 0 Å². The molecule has 1 aromatic carbocycles. The monoisotopic (exact) mass is 473 g/mol. The van der Waals surface area contributed by atoms with Gasteiger partial charge in [-0.15, -0.1) is 0 Å². The minimum atomic E-state index is -0.588. The van der Waals surface area contributed by atoms with Gasteiger partial charge >= 0.3 is 0 Å². The Labute approximate surface area is 197 Å². The van der Waals surface area contributed by atoms with Gasteiger partial charge in [-0.2, -0.15) is 0 Å². The Balaban J connectivity index is 0.000000190. The zero-order chi connectivity index (χ0) is 23.2. The standard InChI is InChI=1S/C17H21ClO5.C7H7N3/c1-17(2)22-12-8-20-16(15(12)23-17)14-11-5-4-10(18)6-9(11)7-13(19-3)21-14;1-5-6-2-3-8-7(6)10-4-9-5/h4-6,12-16H,7-8H2,1-3H3;2-4H,1H3,(H,8,9,10). The van der Waals surface area contributed by atoms with Gasteiger partial charge in [-0.3, -0.25) is 0 Å². The van der Waals surface area contributed by atoms with Crippen molar-refractivity contribution >= 4 is 22.6 Å². The molecule has 0 aliphatic carbocycles. The average Bonchev–Trinajstić information content (AvgIpc) is 3.47. The highest BCUT2D eigenvalue weighted by Gasteiger charge is 2.54. The number of rotatable bonds is 2. The fourth-order valence-corrected chi connectivity index (χ4v) is 4.91. The summed E-state index contributed by atoms with van der Waals surface area (Å²) in [6.07, 6.45) is 3.11. The van der Waals surface area contributed by atoms with E-state index in [-0.39, 0.29) is 30.7 Å². The molecule has 2 saturated heterocycles. The Morgan fingerprint density at radius 3 is 2.79 bits per heavy atom. The highest BCUT2D eigenvalue weighted by atomic mass is 35.5. The van der Waals surface area contributed by atoms with Crippen LogP contribution in [0.4, 0.5) is 0 Å². The zero-order valence-electron chi connectivity index (χ0n) is 19.1. The molecule has 0 radical (unpaired) electrons. The maximum Gasteiger partial charge on any atom is 0.164 e. The van der Waals surface area contributed by atoms with Crippen molar-refractivity contribution in [3.8, 4) is 0 Å². The van der Waals surface area contributed by atoms with E-state index < -0.39 is 5.79 Å². The smallest absolute Gasteiger partial charge is 0.164 e. The number of halogens is 1. The third-order valence-electron chi connectivity index (χ3n) is 6.21. The number of aryl methyl sites for hydroxylation is 1. The van der Waals surface area contributed by atoms with Crippen LogP contribution in [0, 0.1) is 6.92 Å². The highest BCUT2D eigenvalue weighted by molar-refractivity contribution is 6.30. The van der Waals surface area contributed by atoms with E-state index in [1.54, 1.807) is 13.4 Å². The van der Waals surface area contributed by atoms with Gasteiger partial charge in [0.2, 0.25) is 0 Å². The molecule has 5 heterocycles. The molecule has 2 aromatic heterocycles. The number of aromatic amines is 1. The Morgan fingerprint density at radius 1 is 1.15 bits per heavy atom. The van der Waals surface area contributed by atoms with Gasteiger partial charge < -0.3 is 28.7 Å². The Bertz CT molecular complexity index is 1140. The van der Waals surface area contributed by atoms with E-state index in [0.29, 0.717) is 18.1 Å². The van der Waals surface area contributed by atoms with E-state index in [1.807, 2.05) is 51.2 Å². The molecule has 0 spiro atoms. The van der Waals surface area contributed by atoms with E-state index in [1.165, 1.54) is 0 Å². The molecule has 0 saturated carbocycles. The first-order valence-corrected chi connectivity index (χ1v) is 11.4. The second-order valence-corrected chi connectivity index (χ2v) is 9.34. The summed E-state index contributed by atoms with van der Waals surface area (Å²) >= 11 is 6.14. The molecule has 3 aliphatic heterocycles. The number of hydrogen-bond acceptors (Lipinski definition) is 7. The quantitative estimate of drug-likeness (QED) is 0.599. The Kier molecular flexibility index (Phi) is 6.15. The first kappa shape index (κ1) is 22.7. The average molecular weight is 474 g/mol. The van der Waals surface area contributed by atoms with Crippen molar-refractivity contribution in [2.45, 2.75) is 63.7 Å². The Morgan fingerprint density at radius 2 is 2.00 bits per heavy atom. The topological polar surface area (TPSA) is 87.7 Å². The minimum Gasteiger partial charge on any atom is -0.370 e. The van der Waals surface area contributed by atoms with Crippen LogP contribution in [-0.2, 0) is 30.1 Å². The molecule has 5 unspecified atom stereocenters. The summed E-state index contributed by atoms with van der Waals surface area (Å²) in [6, 6.07) is 7.84. The largest absolute Gasteiger partial charge is 0.370 e. The predicted octanol–water partition coefficient (Wildman–Crippen LogP) is 4.11. The molecule has 33 heavy (non-hydrogen) atoms. The van der Waals surface area contributed by atoms with Crippen molar-refractivity contribution in [1.29, 1.82) is 0 Å². The molecule has 3 aromatic rings. The van der Waals surface area contributed by atoms with Crippen molar-refractivity contribution in [3.05, 3.63) is 58.6 Å². The van der Waals surface area contributed by atoms with Crippen LogP contribution in [0.25, 0.3) is 11.0 Å². The first-order chi connectivity index (χ1) is 15.8. The van der Waals surface area contributed by atoms with Crippen molar-refractivity contribution in [2.75, 3.05) is 13.7 Å². The highest BCUT2D eigenvalue weighted by Crippen LogP contribution is 2.44. The summed E-state index contributed by atoms with van der Waals surface area (Å²) in [5.41, 5.74) is 4.14. The lowest BCUT2D eigenvalue weighted by molar-refractivity contribution is -0.221. The molecule has 176 valence electrons. The van der Waals surface area contributed by atoms with E-state index >= 15 is 0 Å². The van der Waals surface area contributed by atoms with Gasteiger partial charge in [0.15, 0.2) is 12.1 Å². The molecule has 0 amide bonds. The van der Waals surface area contributed by atoms with Crippen LogP contribution < -0.4 is 0 Å². The lowest BCUT2D eigenvalue weighted by Gasteiger charge is -2.36. The van der Waals surface area contributed by atoms with Crippen LogP contribution in [0.15, 0.2) is 36.8 Å². The van der Waals surface area contributed by atoms with Crippen molar-refractivity contribution in [1.82, 2.24) is 15.0 Å². The lowest BCUT2D eigenvalue weighted by atomic mass is 9.91. The fourth-order valence-electron chi connectivity index (χ4n) is 4.72. The van der Waals surface area contributed by atoms with E-state index in [2.05, 4.69) is 15.0 Å². The van der Waals surface area contributed by atoms with Crippen LogP contribution in [0.1, 0.15) is 36.8 Å². The van der Waals surface area contributed by atoms with Gasteiger partial charge in [-0.05, 0) is 50.1 Å². The van der Waals surface area contributed by atoms with Crippen LogP contribution in [-0.4, -0.2) is 59.1 Å². The van der Waals surface area contributed by atoms with Crippen LogP contribution >= 0.6 is 11.6 Å². The normalized spacial score (nSPS) is 29.9. The molecule has 0 bridgehead atoms. The van der Waals surface area contributed by atoms with Crippen molar-refractivity contribution in [2.24, 2.45) is 0 Å². The predicted molar refractivity (Wildman–Crippen MR) is 122 cm³/mol. The summed E-state index contributed by atoms with van der Waals surface area (Å²) in [7, 11) is 1.65. The summed E-state index contributed by atoms with van der Waals surface area (Å²) in [5.74, 6) is -0.588. The molecule has 2 fully saturated rings. The molecule has 8 nitrogen and oxygen atoms in total. The number of benzene rings is 1. The second kappa shape index (κ2) is 8.94. The summed E-state index contributed by atoms with van der Waals surface area (Å²) in [4.78, 5) is 11.1. The number of ether oxygens (including phenoxy) is 5. The number of fused-ring (bicyclic) bond motifs is 3. The molecule has 6 rings (SSSR count). The number of hydrogen-bond donors (Lipinski definition) is 1. The molecule has 9 heteroatoms. The number of nitrogens with one attached hydrogen (secondary N) is 1. The van der Waals surface area contributed by atoms with E-state index in [9.17, 15) is 0 Å². The van der Waals surface area contributed by atoms with Gasteiger partial charge in [0, 0.05) is 30.1 Å². The molecule has 5 atom stereocenters. The van der Waals surface area contributed by atoms with Gasteiger partial charge in [-0.25, -0.2) is 9.97 Å². The number of nitrogens with zero attached hydrogens (tertiary/aromatic N) is 2. The molecular formula is C24H28ClN3O5. The number of aromatic nitrogens is 3. The number of methoxy groups -OCH3 is 1. The van der Waals surface area contributed by atoms with Gasteiger partial charge in [0.25, 0.3) is 0 Å². The second-order valence-electron chi connectivity index (χ2n) is 8.90. The fraction of sp³-hybridized carbons (Fsp3) is 0.500. The zero-order valence-corrected chi connectivity index (χ0v) is 19.8. The molecule has 3 aliphatic rings. The van der Waals surface area contributed by atoms with Gasteiger partial charge in [-0.1, -0.05) is 17.7 Å². The number of H-pyrrole nitrogens is 1. The summed E-state index contributed by atoms with van der Waals surface area (Å²) < 4.78 is 29.5. The van der Waals surface area contributed by atoms with Crippen molar-refractivity contribution < 1.29 is 23.7 Å². The first-order valence-electron chi connectivity index (χ1n) is 11.0. The minimum absolute atomic E-state index is 0.0581.